The van der Waals surface area contributed by atoms with Crippen LogP contribution in [0.25, 0.3) is 0 Å². The Labute approximate surface area is 682 Å². The molecule has 2 fully saturated rings. The molecule has 1 aromatic heterocycles. The van der Waals surface area contributed by atoms with Crippen molar-refractivity contribution in [2.24, 2.45) is 17.4 Å². The van der Waals surface area contributed by atoms with Crippen LogP contribution in [0.3, 0.4) is 0 Å². The Balaban J connectivity index is 1.09. The van der Waals surface area contributed by atoms with Crippen molar-refractivity contribution in [3.63, 3.8) is 0 Å². The number of allylic oxidation sites excluding steroid dienone is 2. The van der Waals surface area contributed by atoms with Crippen molar-refractivity contribution in [3.8, 4) is 0 Å². The van der Waals surface area contributed by atoms with Gasteiger partial charge in [-0.25, -0.2) is 9.59 Å². The van der Waals surface area contributed by atoms with E-state index < -0.39 is 168 Å². The van der Waals surface area contributed by atoms with Crippen molar-refractivity contribution in [2.75, 3.05) is 30.3 Å². The summed E-state index contributed by atoms with van der Waals surface area (Å²) in [4.78, 5) is 213. The number of carbonyl (C=O) groups is 15. The summed E-state index contributed by atoms with van der Waals surface area (Å²) in [5.41, 5.74) is 15.8. The van der Waals surface area contributed by atoms with Crippen LogP contribution in [0.2, 0.25) is 5.02 Å². The van der Waals surface area contributed by atoms with Crippen molar-refractivity contribution >= 4 is 112 Å². The molecule has 3 aliphatic rings. The number of carbonyl (C=O) groups excluding carboxylic acids is 15. The van der Waals surface area contributed by atoms with Gasteiger partial charge in [0.15, 0.2) is 0 Å². The number of pyridine rings is 1. The highest BCUT2D eigenvalue weighted by Crippen LogP contribution is 2.24. The van der Waals surface area contributed by atoms with Gasteiger partial charge >= 0.3 is 12.1 Å². The second kappa shape index (κ2) is 44.1. The fourth-order valence-corrected chi connectivity index (χ4v) is 13.7. The lowest BCUT2D eigenvalue weighted by molar-refractivity contribution is -0.142. The summed E-state index contributed by atoms with van der Waals surface area (Å²) < 4.78 is 0. The number of primary amides is 2. The average molecular weight is 1630 g/mol. The highest BCUT2D eigenvalue weighted by Gasteiger charge is 2.41. The Kier molecular flexibility index (Phi) is 34.0. The Morgan fingerprint density at radius 1 is 0.556 bits per heavy atom. The summed E-state index contributed by atoms with van der Waals surface area (Å²) in [5, 5.41) is 48.6. The van der Waals surface area contributed by atoms with Gasteiger partial charge in [0.2, 0.25) is 76.8 Å². The third-order valence-corrected chi connectivity index (χ3v) is 20.0. The molecule has 626 valence electrons. The number of aromatic nitrogens is 1. The minimum absolute atomic E-state index is 0.0265. The van der Waals surface area contributed by atoms with Gasteiger partial charge in [-0.05, 0) is 152 Å². The Morgan fingerprint density at radius 3 is 1.56 bits per heavy atom. The zero-order chi connectivity index (χ0) is 85.0. The van der Waals surface area contributed by atoms with Gasteiger partial charge in [0.25, 0.3) is 0 Å². The molecule has 3 heterocycles. The van der Waals surface area contributed by atoms with Crippen LogP contribution in [0.15, 0.2) is 128 Å². The first-order chi connectivity index (χ1) is 55.8. The lowest BCUT2D eigenvalue weighted by Crippen LogP contribution is -2.62. The number of rotatable bonds is 41. The van der Waals surface area contributed by atoms with Gasteiger partial charge in [-0.1, -0.05) is 112 Å². The van der Waals surface area contributed by atoms with E-state index in [0.29, 0.717) is 53.9 Å². The topological polar surface area (TPSA) is 513 Å². The number of nitrogens with one attached hydrogen (secondary N) is 14. The van der Waals surface area contributed by atoms with Crippen molar-refractivity contribution in [1.29, 1.82) is 0 Å². The second-order valence-electron chi connectivity index (χ2n) is 30.1. The number of halogens is 1. The van der Waals surface area contributed by atoms with Gasteiger partial charge in [0, 0.05) is 80.4 Å². The second-order valence-corrected chi connectivity index (χ2v) is 30.5. The van der Waals surface area contributed by atoms with Gasteiger partial charge in [0.1, 0.15) is 66.5 Å². The first-order valence-corrected chi connectivity index (χ1v) is 39.3. The number of anilines is 2. The number of benzene rings is 4. The number of imide groups is 1. The number of aliphatic hydroxyl groups is 1. The van der Waals surface area contributed by atoms with E-state index in [-0.39, 0.29) is 86.8 Å². The lowest BCUT2D eigenvalue weighted by Gasteiger charge is -2.31. The average Bonchev–Trinajstić information content (AvgIpc) is 1.81. The molecule has 2 aliphatic heterocycles. The van der Waals surface area contributed by atoms with Crippen molar-refractivity contribution < 1.29 is 77.0 Å². The van der Waals surface area contributed by atoms with Crippen molar-refractivity contribution in [3.05, 3.63) is 172 Å². The first kappa shape index (κ1) is 90.4. The summed E-state index contributed by atoms with van der Waals surface area (Å²) in [5.74, 6) is -10.9. The van der Waals surface area contributed by atoms with E-state index in [1.807, 2.05) is 38.1 Å². The zero-order valence-corrected chi connectivity index (χ0v) is 66.9. The van der Waals surface area contributed by atoms with E-state index in [1.165, 1.54) is 79.7 Å². The van der Waals surface area contributed by atoms with Gasteiger partial charge in [0.05, 0.1) is 13.0 Å². The highest BCUT2D eigenvalue weighted by atomic mass is 35.5. The molecule has 0 saturated carbocycles. The standard InChI is InChI=1S/C82H105ClN18O16/c1-45(2)35-60(72(107)92-59(16-9-10-33-87-46(3)4)80(115)101-34-12-17-68(101)79(114)88-47(5)70(84)105)93-74(109)63(38-51-23-30-58(31-24-51)91-81(85)116)95-76(111)64(39-50-21-28-57(29-22-50)90-71(106)66-42-69(104)100-82(117)99-66)97-78(113)67(44-102)98-77(112)65(41-53-13-11-32-86-43-53)96-75(110)62(37-49-19-26-56(83)27-20-49)94-73(108)61(89-48(6)103)40-52-18-25-54-14-7-8-15-55(54)36-52/h7-8,11,13,18-32,36,43,45-47,59-68,87,102H,9-10,12,14-17,33-35,37-42,44H2,1-6H3,(H2,84,105)(H,88,114)(H,89,103)(H,90,106)(H,92,107)(H,93,109)(H,94,108)(H,95,111)(H,96,110)(H,97,113)(H,98,112)(H3,85,91,116)(H2,99,100,104,117)/t47-,59+,60+,61-,62?,63-,64+,65-,66+,67+,68+/m1/s1. The van der Waals surface area contributed by atoms with Crippen LogP contribution in [0.4, 0.5) is 21.0 Å². The molecule has 1 unspecified atom stereocenters. The number of unbranched alkanes of at least 4 members (excludes halogenated alkanes) is 1. The largest absolute Gasteiger partial charge is 0.394 e. The number of amides is 17. The SMILES string of the molecule is CC(=O)N[C@H](Cc1ccc2c(c1)CC=CC2)C(=O)NC(Cc1ccc(Cl)cc1)C(=O)N[C@H](Cc1cccnc1)C(=O)N[C@@H](CO)C(=O)N[C@@H](Cc1ccc(NC(=O)[C@@H]2CC(=O)NC(=O)N2)cc1)C(=O)N[C@H](Cc1ccc(NC(N)=O)cc1)C(=O)N[C@@H](CC(C)C)C(=O)N[C@@H](CCCCNC(C)C)C(=O)N1CCC[C@H]1C(=O)N[C@H](C)C(N)=O. The first-order valence-electron chi connectivity index (χ1n) is 39.0. The molecule has 17 amide bonds. The molecule has 11 atom stereocenters. The van der Waals surface area contributed by atoms with E-state index in [9.17, 15) is 62.6 Å². The minimum Gasteiger partial charge on any atom is -0.394 e. The number of urea groups is 2. The molecule has 1 aliphatic carbocycles. The van der Waals surface area contributed by atoms with Gasteiger partial charge in [-0.3, -0.25) is 72.6 Å². The molecule has 117 heavy (non-hydrogen) atoms. The molecule has 5 aromatic rings. The van der Waals surface area contributed by atoms with Crippen LogP contribution >= 0.6 is 11.6 Å². The van der Waals surface area contributed by atoms with Crippen molar-refractivity contribution in [1.82, 2.24) is 73.7 Å². The molecule has 2 saturated heterocycles. The van der Waals surface area contributed by atoms with Crippen molar-refractivity contribution in [2.45, 2.75) is 204 Å². The highest BCUT2D eigenvalue weighted by molar-refractivity contribution is 6.30. The fraction of sp³-hybridized carbons (Fsp3) is 0.439. The maximum Gasteiger partial charge on any atom is 0.322 e. The van der Waals surface area contributed by atoms with Gasteiger partial charge in [-0.2, -0.15) is 0 Å². The van der Waals surface area contributed by atoms with Crippen LogP contribution < -0.4 is 85.9 Å². The molecule has 0 radical (unpaired) electrons. The molecule has 34 nitrogen and oxygen atoms in total. The normalized spacial score (nSPS) is 16.5. The number of nitrogens with two attached hydrogens (primary N) is 2. The molecular weight excluding hydrogens is 1530 g/mol. The summed E-state index contributed by atoms with van der Waals surface area (Å²) >= 11 is 6.27. The Morgan fingerprint density at radius 2 is 1.04 bits per heavy atom. The summed E-state index contributed by atoms with van der Waals surface area (Å²) in [6, 6.07) is 10.1. The van der Waals surface area contributed by atoms with E-state index in [0.717, 1.165) is 23.1 Å². The predicted octanol–water partition coefficient (Wildman–Crippen LogP) is 1.02. The number of hydrogen-bond donors (Lipinski definition) is 17. The molecule has 19 N–H and O–H groups in total. The van der Waals surface area contributed by atoms with Gasteiger partial charge < -0.3 is 90.6 Å². The maximum atomic E-state index is 15.5. The molecule has 4 aromatic carbocycles. The summed E-state index contributed by atoms with van der Waals surface area (Å²) in [7, 11) is 0. The quantitative estimate of drug-likeness (QED) is 0.0192. The summed E-state index contributed by atoms with van der Waals surface area (Å²) in [6.07, 6.45) is 8.61. The fourth-order valence-electron chi connectivity index (χ4n) is 13.6. The van der Waals surface area contributed by atoms with Crippen LogP contribution in [0, 0.1) is 5.92 Å². The van der Waals surface area contributed by atoms with Gasteiger partial charge in [-0.15, -0.1) is 0 Å². The molecule has 8 rings (SSSR count). The Bertz CT molecular complexity index is 4400. The van der Waals surface area contributed by atoms with E-state index in [2.05, 4.69) is 85.5 Å². The Hall–Kier alpha value is -12.2. The third kappa shape index (κ3) is 28.7. The number of likely N-dealkylation sites (tertiary alicyclic amines) is 1. The molecular formula is C82H105ClN18O16. The van der Waals surface area contributed by atoms with Crippen LogP contribution in [0.1, 0.15) is 125 Å². The maximum absolute atomic E-state index is 15.5. The summed E-state index contributed by atoms with van der Waals surface area (Å²) in [6.45, 7) is 9.77. The monoisotopic (exact) mass is 1630 g/mol. The predicted molar refractivity (Wildman–Crippen MR) is 433 cm³/mol. The lowest BCUT2D eigenvalue weighted by atomic mass is 9.93. The van der Waals surface area contributed by atoms with Crippen LogP contribution in [0.5, 0.6) is 0 Å². The van der Waals surface area contributed by atoms with Crippen LogP contribution in [-0.4, -0.2) is 196 Å². The number of fused-ring (bicyclic) bond motifs is 1. The number of nitrogens with zero attached hydrogens (tertiary/aromatic N) is 2. The third-order valence-electron chi connectivity index (χ3n) is 19.7. The van der Waals surface area contributed by atoms with E-state index >= 15 is 14.4 Å². The van der Waals surface area contributed by atoms with E-state index in [4.69, 9.17) is 23.1 Å². The molecule has 35 heteroatoms. The van der Waals surface area contributed by atoms with E-state index in [1.54, 1.807) is 50.2 Å². The number of aliphatic hydroxyl groups excluding tert-OH is 1. The molecule has 0 bridgehead atoms. The minimum atomic E-state index is -1.92. The molecule has 0 spiro atoms. The smallest absolute Gasteiger partial charge is 0.322 e. The van der Waals surface area contributed by atoms with Crippen LogP contribution in [-0.2, 0) is 107 Å². The number of hydrogen-bond acceptors (Lipinski definition) is 18. The zero-order valence-electron chi connectivity index (χ0n) is 66.1.